The molecule has 0 amide bonds. The maximum atomic E-state index is 12.5. The van der Waals surface area contributed by atoms with Gasteiger partial charge in [-0.05, 0) is 38.5 Å². The highest BCUT2D eigenvalue weighted by Crippen LogP contribution is 2.35. The Morgan fingerprint density at radius 2 is 1.53 bits per heavy atom. The van der Waals surface area contributed by atoms with Crippen LogP contribution >= 0.6 is 0 Å². The van der Waals surface area contributed by atoms with Crippen molar-refractivity contribution >= 4 is 0 Å². The van der Waals surface area contributed by atoms with Crippen molar-refractivity contribution in [2.24, 2.45) is 5.73 Å². The second-order valence-electron chi connectivity index (χ2n) is 4.87. The molecule has 96 valence electrons. The lowest BCUT2D eigenvalue weighted by Gasteiger charge is -2.37. The number of nitrogens with two attached hydrogens (primary N) is 1. The summed E-state index contributed by atoms with van der Waals surface area (Å²) in [7, 11) is 0. The fraction of sp³-hybridized carbons (Fsp3) is 0.500. The number of hydrogen-bond donors (Lipinski definition) is 2. The van der Waals surface area contributed by atoms with Crippen LogP contribution in [0.25, 0.3) is 0 Å². The summed E-state index contributed by atoms with van der Waals surface area (Å²) in [4.78, 5) is 0. The summed E-state index contributed by atoms with van der Waals surface area (Å²) in [5.74, 6) is 0. The van der Waals surface area contributed by atoms with Crippen LogP contribution in [0.15, 0.2) is 24.3 Å². The highest BCUT2D eigenvalue weighted by Gasteiger charge is 2.39. The van der Waals surface area contributed by atoms with Crippen molar-refractivity contribution in [2.75, 3.05) is 0 Å². The Labute approximate surface area is 98.3 Å². The fourth-order valence-electron chi connectivity index (χ4n) is 1.37. The van der Waals surface area contributed by atoms with E-state index >= 15 is 0 Å². The van der Waals surface area contributed by atoms with Gasteiger partial charge in [0, 0.05) is 5.54 Å². The molecule has 0 radical (unpaired) electrons. The average Bonchev–Trinajstić information content (AvgIpc) is 2.15. The SMILES string of the molecule is CC(C)(N)C(C)(O)c1cccc(C(F)(F)F)c1. The monoisotopic (exact) mass is 247 g/mol. The minimum absolute atomic E-state index is 0.153. The fourth-order valence-corrected chi connectivity index (χ4v) is 1.37. The Morgan fingerprint density at radius 1 is 1.06 bits per heavy atom. The van der Waals surface area contributed by atoms with E-state index in [1.807, 2.05) is 0 Å². The van der Waals surface area contributed by atoms with Crippen molar-refractivity contribution in [3.63, 3.8) is 0 Å². The molecule has 1 aromatic carbocycles. The zero-order valence-corrected chi connectivity index (χ0v) is 9.97. The van der Waals surface area contributed by atoms with Gasteiger partial charge in [-0.25, -0.2) is 0 Å². The van der Waals surface area contributed by atoms with E-state index in [0.717, 1.165) is 12.1 Å². The molecular weight excluding hydrogens is 231 g/mol. The third-order valence-electron chi connectivity index (χ3n) is 3.01. The maximum absolute atomic E-state index is 12.5. The van der Waals surface area contributed by atoms with Crippen LogP contribution in [0.5, 0.6) is 0 Å². The Balaban J connectivity index is 3.26. The molecule has 1 rings (SSSR count). The van der Waals surface area contributed by atoms with Crippen molar-refractivity contribution in [3.8, 4) is 0 Å². The number of hydrogen-bond acceptors (Lipinski definition) is 2. The molecule has 17 heavy (non-hydrogen) atoms. The van der Waals surface area contributed by atoms with Crippen molar-refractivity contribution in [3.05, 3.63) is 35.4 Å². The zero-order chi connectivity index (χ0) is 13.5. The van der Waals surface area contributed by atoms with E-state index < -0.39 is 22.9 Å². The first-order valence-corrected chi connectivity index (χ1v) is 5.15. The maximum Gasteiger partial charge on any atom is 0.416 e. The van der Waals surface area contributed by atoms with Gasteiger partial charge in [-0.1, -0.05) is 12.1 Å². The lowest BCUT2D eigenvalue weighted by molar-refractivity contribution is -0.137. The van der Waals surface area contributed by atoms with Gasteiger partial charge in [-0.2, -0.15) is 13.2 Å². The highest BCUT2D eigenvalue weighted by atomic mass is 19.4. The minimum atomic E-state index is -4.43. The first-order valence-electron chi connectivity index (χ1n) is 5.15. The lowest BCUT2D eigenvalue weighted by atomic mass is 9.79. The molecule has 0 bridgehead atoms. The Bertz CT molecular complexity index is 405. The van der Waals surface area contributed by atoms with E-state index in [1.165, 1.54) is 19.1 Å². The first-order chi connectivity index (χ1) is 7.46. The number of benzene rings is 1. The van der Waals surface area contributed by atoms with Gasteiger partial charge in [0.25, 0.3) is 0 Å². The van der Waals surface area contributed by atoms with Crippen LogP contribution in [-0.4, -0.2) is 10.6 Å². The van der Waals surface area contributed by atoms with E-state index in [9.17, 15) is 18.3 Å². The predicted molar refractivity (Wildman–Crippen MR) is 59.3 cm³/mol. The molecule has 0 spiro atoms. The molecule has 0 fully saturated rings. The van der Waals surface area contributed by atoms with Crippen LogP contribution in [0.2, 0.25) is 0 Å². The molecule has 0 aromatic heterocycles. The molecule has 3 N–H and O–H groups in total. The summed E-state index contributed by atoms with van der Waals surface area (Å²) >= 11 is 0. The standard InChI is InChI=1S/C12H16F3NO/c1-10(2,16)11(3,17)8-5-4-6-9(7-8)12(13,14)15/h4-7,17H,16H2,1-3H3. The van der Waals surface area contributed by atoms with Gasteiger partial charge in [-0.3, -0.25) is 0 Å². The Hall–Kier alpha value is -1.07. The van der Waals surface area contributed by atoms with Crippen LogP contribution in [0.3, 0.4) is 0 Å². The third-order valence-corrected chi connectivity index (χ3v) is 3.01. The number of alkyl halides is 3. The zero-order valence-electron chi connectivity index (χ0n) is 9.97. The number of aliphatic hydroxyl groups is 1. The molecule has 0 heterocycles. The number of rotatable bonds is 2. The van der Waals surface area contributed by atoms with Gasteiger partial charge in [0.1, 0.15) is 5.60 Å². The van der Waals surface area contributed by atoms with Crippen molar-refractivity contribution < 1.29 is 18.3 Å². The van der Waals surface area contributed by atoms with Gasteiger partial charge < -0.3 is 10.8 Å². The molecule has 1 aromatic rings. The van der Waals surface area contributed by atoms with Crippen LogP contribution in [0.4, 0.5) is 13.2 Å². The van der Waals surface area contributed by atoms with E-state index in [0.29, 0.717) is 0 Å². The molecule has 1 atom stereocenters. The lowest BCUT2D eigenvalue weighted by Crippen LogP contribution is -2.52. The second kappa shape index (κ2) is 3.99. The summed E-state index contributed by atoms with van der Waals surface area (Å²) in [6.45, 7) is 4.53. The minimum Gasteiger partial charge on any atom is -0.384 e. The Kier molecular flexibility index (Phi) is 3.29. The molecule has 0 aliphatic heterocycles. The van der Waals surface area contributed by atoms with E-state index in [2.05, 4.69) is 0 Å². The van der Waals surface area contributed by atoms with Gasteiger partial charge >= 0.3 is 6.18 Å². The average molecular weight is 247 g/mol. The molecule has 0 aliphatic carbocycles. The molecular formula is C12H16F3NO. The van der Waals surface area contributed by atoms with Gasteiger partial charge in [-0.15, -0.1) is 0 Å². The van der Waals surface area contributed by atoms with Crippen molar-refractivity contribution in [1.82, 2.24) is 0 Å². The molecule has 0 saturated heterocycles. The normalized spacial score (nSPS) is 16.7. The third kappa shape index (κ3) is 2.79. The van der Waals surface area contributed by atoms with Crippen LogP contribution in [-0.2, 0) is 11.8 Å². The molecule has 0 saturated carbocycles. The summed E-state index contributed by atoms with van der Waals surface area (Å²) in [5, 5.41) is 10.2. The number of halogens is 3. The van der Waals surface area contributed by atoms with Gasteiger partial charge in [0.15, 0.2) is 0 Å². The van der Waals surface area contributed by atoms with E-state index in [-0.39, 0.29) is 5.56 Å². The summed E-state index contributed by atoms with van der Waals surface area (Å²) in [6.07, 6.45) is -4.43. The van der Waals surface area contributed by atoms with Crippen LogP contribution in [0, 0.1) is 0 Å². The van der Waals surface area contributed by atoms with Crippen LogP contribution in [0.1, 0.15) is 31.9 Å². The summed E-state index contributed by atoms with van der Waals surface area (Å²) in [6, 6.07) is 4.58. The first kappa shape index (κ1) is 14.0. The Morgan fingerprint density at radius 3 is 1.94 bits per heavy atom. The predicted octanol–water partition coefficient (Wildman–Crippen LogP) is 2.65. The summed E-state index contributed by atoms with van der Waals surface area (Å²) in [5.41, 5.74) is 2.56. The van der Waals surface area contributed by atoms with E-state index in [1.54, 1.807) is 13.8 Å². The van der Waals surface area contributed by atoms with Gasteiger partial charge in [0.05, 0.1) is 5.56 Å². The van der Waals surface area contributed by atoms with Crippen molar-refractivity contribution in [1.29, 1.82) is 0 Å². The molecule has 1 unspecified atom stereocenters. The quantitative estimate of drug-likeness (QED) is 0.844. The van der Waals surface area contributed by atoms with Crippen molar-refractivity contribution in [2.45, 2.75) is 38.1 Å². The van der Waals surface area contributed by atoms with E-state index in [4.69, 9.17) is 5.73 Å². The van der Waals surface area contributed by atoms with Crippen LogP contribution < -0.4 is 5.73 Å². The topological polar surface area (TPSA) is 46.2 Å². The van der Waals surface area contributed by atoms with Gasteiger partial charge in [0.2, 0.25) is 0 Å². The molecule has 5 heteroatoms. The molecule has 2 nitrogen and oxygen atoms in total. The summed E-state index contributed by atoms with van der Waals surface area (Å²) < 4.78 is 37.6. The smallest absolute Gasteiger partial charge is 0.384 e. The second-order valence-corrected chi connectivity index (χ2v) is 4.87. The largest absolute Gasteiger partial charge is 0.416 e. The highest BCUT2D eigenvalue weighted by molar-refractivity contribution is 5.31. The molecule has 0 aliphatic rings.